The Bertz CT molecular complexity index is 557. The van der Waals surface area contributed by atoms with E-state index in [1.54, 1.807) is 0 Å². The normalized spacial score (nSPS) is 13.7. The molecule has 2 aromatic rings. The lowest BCUT2D eigenvalue weighted by atomic mass is 9.87. The number of hydrogen-bond donors (Lipinski definition) is 1. The fraction of sp³-hybridized carbons (Fsp3) is 0.0667. The minimum atomic E-state index is -1.36. The Morgan fingerprint density at radius 3 is 2.24 bits per heavy atom. The second-order valence-electron chi connectivity index (χ2n) is 3.73. The van der Waals surface area contributed by atoms with Crippen LogP contribution >= 0.6 is 22.6 Å². The van der Waals surface area contributed by atoms with Gasteiger partial charge in [0.05, 0.1) is 0 Å². The molecule has 0 amide bonds. The van der Waals surface area contributed by atoms with Crippen molar-refractivity contribution in [3.05, 3.63) is 69.3 Å². The van der Waals surface area contributed by atoms with E-state index < -0.39 is 5.60 Å². The molecule has 1 nitrogen and oxygen atoms in total. The van der Waals surface area contributed by atoms with Crippen LogP contribution in [0.25, 0.3) is 0 Å². The molecule has 17 heavy (non-hydrogen) atoms. The van der Waals surface area contributed by atoms with Gasteiger partial charge in [0.25, 0.3) is 0 Å². The van der Waals surface area contributed by atoms with Crippen LogP contribution in [0.2, 0.25) is 0 Å². The molecule has 0 spiro atoms. The summed E-state index contributed by atoms with van der Waals surface area (Å²) in [4.78, 5) is 0. The minimum Gasteiger partial charge on any atom is -0.369 e. The fourth-order valence-electron chi connectivity index (χ4n) is 1.73. The van der Waals surface area contributed by atoms with E-state index in [1.807, 2.05) is 54.6 Å². The third kappa shape index (κ3) is 2.36. The van der Waals surface area contributed by atoms with Crippen LogP contribution in [0.15, 0.2) is 54.6 Å². The summed E-state index contributed by atoms with van der Waals surface area (Å²) in [5.41, 5.74) is 0.0743. The molecule has 0 saturated heterocycles. The van der Waals surface area contributed by atoms with Crippen molar-refractivity contribution in [2.75, 3.05) is 0 Å². The Balaban J connectivity index is 2.57. The molecule has 0 bridgehead atoms. The number of aliphatic hydroxyl groups is 1. The van der Waals surface area contributed by atoms with Crippen LogP contribution in [0.4, 0.5) is 0 Å². The molecule has 0 aliphatic carbocycles. The molecule has 2 aromatic carbocycles. The second kappa shape index (κ2) is 4.91. The highest BCUT2D eigenvalue weighted by atomic mass is 127. The number of terminal acetylenes is 1. The Labute approximate surface area is 115 Å². The lowest BCUT2D eigenvalue weighted by Crippen LogP contribution is -2.25. The predicted octanol–water partition coefficient (Wildman–Crippen LogP) is 3.16. The maximum Gasteiger partial charge on any atom is 0.176 e. The van der Waals surface area contributed by atoms with Crippen LogP contribution < -0.4 is 0 Å². The van der Waals surface area contributed by atoms with Gasteiger partial charge < -0.3 is 5.11 Å². The quantitative estimate of drug-likeness (QED) is 0.661. The molecule has 0 aromatic heterocycles. The Morgan fingerprint density at radius 1 is 1.00 bits per heavy atom. The van der Waals surface area contributed by atoms with Crippen LogP contribution in [0.1, 0.15) is 11.1 Å². The van der Waals surface area contributed by atoms with Crippen molar-refractivity contribution in [3.63, 3.8) is 0 Å². The zero-order valence-corrected chi connectivity index (χ0v) is 11.3. The van der Waals surface area contributed by atoms with Crippen molar-refractivity contribution >= 4 is 22.6 Å². The van der Waals surface area contributed by atoms with Gasteiger partial charge >= 0.3 is 0 Å². The van der Waals surface area contributed by atoms with Crippen molar-refractivity contribution in [2.24, 2.45) is 0 Å². The van der Waals surface area contributed by atoms with Gasteiger partial charge in [-0.05, 0) is 34.7 Å². The molecule has 2 heteroatoms. The molecule has 0 aliphatic heterocycles. The van der Waals surface area contributed by atoms with Gasteiger partial charge in [-0.2, -0.15) is 0 Å². The summed E-state index contributed by atoms with van der Waals surface area (Å²) in [6, 6.07) is 16.9. The van der Waals surface area contributed by atoms with E-state index in [4.69, 9.17) is 6.42 Å². The standard InChI is InChI=1S/C15H11IO/c1-2-15(17,12-7-4-3-5-8-12)13-9-6-10-14(16)11-13/h1,3-11,17H. The summed E-state index contributed by atoms with van der Waals surface area (Å²) in [6.45, 7) is 0. The molecule has 1 unspecified atom stereocenters. The highest BCUT2D eigenvalue weighted by molar-refractivity contribution is 14.1. The molecule has 0 radical (unpaired) electrons. The summed E-state index contributed by atoms with van der Waals surface area (Å²) in [6.07, 6.45) is 5.52. The average molecular weight is 334 g/mol. The monoisotopic (exact) mass is 334 g/mol. The van der Waals surface area contributed by atoms with Crippen molar-refractivity contribution < 1.29 is 5.11 Å². The summed E-state index contributed by atoms with van der Waals surface area (Å²) in [5.74, 6) is 2.49. The summed E-state index contributed by atoms with van der Waals surface area (Å²) >= 11 is 2.20. The summed E-state index contributed by atoms with van der Waals surface area (Å²) in [7, 11) is 0. The molecule has 1 atom stereocenters. The van der Waals surface area contributed by atoms with Crippen LogP contribution in [0, 0.1) is 15.9 Å². The smallest absolute Gasteiger partial charge is 0.176 e. The van der Waals surface area contributed by atoms with E-state index in [-0.39, 0.29) is 0 Å². The van der Waals surface area contributed by atoms with Crippen molar-refractivity contribution in [2.45, 2.75) is 5.60 Å². The van der Waals surface area contributed by atoms with Gasteiger partial charge in [-0.1, -0.05) is 48.4 Å². The van der Waals surface area contributed by atoms with E-state index in [0.29, 0.717) is 5.56 Å². The van der Waals surface area contributed by atoms with Crippen molar-refractivity contribution in [3.8, 4) is 12.3 Å². The van der Waals surface area contributed by atoms with Crippen LogP contribution in [0.5, 0.6) is 0 Å². The molecule has 2 rings (SSSR count). The third-order valence-electron chi connectivity index (χ3n) is 2.64. The van der Waals surface area contributed by atoms with E-state index in [2.05, 4.69) is 28.5 Å². The van der Waals surface area contributed by atoms with Crippen LogP contribution in [0.3, 0.4) is 0 Å². The van der Waals surface area contributed by atoms with Crippen molar-refractivity contribution in [1.82, 2.24) is 0 Å². The highest BCUT2D eigenvalue weighted by Crippen LogP contribution is 2.29. The molecule has 0 aliphatic rings. The number of benzene rings is 2. The van der Waals surface area contributed by atoms with Gasteiger partial charge in [0.1, 0.15) is 0 Å². The molecular weight excluding hydrogens is 323 g/mol. The first-order chi connectivity index (χ1) is 8.16. The number of hydrogen-bond acceptors (Lipinski definition) is 1. The zero-order valence-electron chi connectivity index (χ0n) is 9.10. The molecule has 0 heterocycles. The van der Waals surface area contributed by atoms with E-state index in [0.717, 1.165) is 9.13 Å². The van der Waals surface area contributed by atoms with Gasteiger partial charge in [-0.15, -0.1) is 6.42 Å². The molecule has 0 saturated carbocycles. The van der Waals surface area contributed by atoms with Gasteiger partial charge in [-0.3, -0.25) is 0 Å². The zero-order chi connectivity index (χ0) is 12.3. The first-order valence-electron chi connectivity index (χ1n) is 5.18. The van der Waals surface area contributed by atoms with Gasteiger partial charge in [0.2, 0.25) is 0 Å². The lowest BCUT2D eigenvalue weighted by molar-refractivity contribution is 0.145. The second-order valence-corrected chi connectivity index (χ2v) is 4.98. The van der Waals surface area contributed by atoms with E-state index >= 15 is 0 Å². The van der Waals surface area contributed by atoms with Crippen LogP contribution in [-0.4, -0.2) is 5.11 Å². The fourth-order valence-corrected chi connectivity index (χ4v) is 2.27. The topological polar surface area (TPSA) is 20.2 Å². The molecule has 1 N–H and O–H groups in total. The number of rotatable bonds is 2. The third-order valence-corrected chi connectivity index (χ3v) is 3.31. The summed E-state index contributed by atoms with van der Waals surface area (Å²) < 4.78 is 1.05. The van der Waals surface area contributed by atoms with Crippen molar-refractivity contribution in [1.29, 1.82) is 0 Å². The van der Waals surface area contributed by atoms with Crippen LogP contribution in [-0.2, 0) is 5.60 Å². The van der Waals surface area contributed by atoms with Gasteiger partial charge in [0.15, 0.2) is 5.60 Å². The molecule has 84 valence electrons. The SMILES string of the molecule is C#CC(O)(c1ccccc1)c1cccc(I)c1. The first-order valence-corrected chi connectivity index (χ1v) is 6.26. The minimum absolute atomic E-state index is 0.713. The number of halogens is 1. The Hall–Kier alpha value is -1.31. The maximum absolute atomic E-state index is 10.6. The highest BCUT2D eigenvalue weighted by Gasteiger charge is 2.28. The van der Waals surface area contributed by atoms with Gasteiger partial charge in [-0.25, -0.2) is 0 Å². The molecular formula is C15H11IO. The van der Waals surface area contributed by atoms with Gasteiger partial charge in [0, 0.05) is 14.7 Å². The Kier molecular flexibility index (Phi) is 3.51. The maximum atomic E-state index is 10.6. The summed E-state index contributed by atoms with van der Waals surface area (Å²) in [5, 5.41) is 10.6. The average Bonchev–Trinajstić information content (AvgIpc) is 2.39. The predicted molar refractivity (Wildman–Crippen MR) is 77.4 cm³/mol. The first kappa shape index (κ1) is 12.2. The van der Waals surface area contributed by atoms with E-state index in [1.165, 1.54) is 0 Å². The molecule has 0 fully saturated rings. The Morgan fingerprint density at radius 2 is 1.65 bits per heavy atom. The largest absolute Gasteiger partial charge is 0.369 e. The van der Waals surface area contributed by atoms with E-state index in [9.17, 15) is 5.11 Å². The lowest BCUT2D eigenvalue weighted by Gasteiger charge is -2.23.